The van der Waals surface area contributed by atoms with E-state index in [-0.39, 0.29) is 0 Å². The second-order valence-corrected chi connectivity index (χ2v) is 9.58. The van der Waals surface area contributed by atoms with E-state index in [1.165, 1.54) is 44.6 Å². The van der Waals surface area contributed by atoms with Gasteiger partial charge in [-0.3, -0.25) is 0 Å². The molecule has 2 rings (SSSR count). The Morgan fingerprint density at radius 3 is 2.52 bits per heavy atom. The molecule has 1 N–H and O–H groups in total. The van der Waals surface area contributed by atoms with Gasteiger partial charge in [0.15, 0.2) is 0 Å². The normalized spacial score (nSPS) is 26.7. The van der Waals surface area contributed by atoms with Crippen molar-refractivity contribution < 1.29 is 4.74 Å². The molecule has 21 heavy (non-hydrogen) atoms. The fourth-order valence-electron chi connectivity index (χ4n) is 3.31. The summed E-state index contributed by atoms with van der Waals surface area (Å²) in [4.78, 5) is 2.72. The lowest BCUT2D eigenvalue weighted by Crippen LogP contribution is -2.49. The van der Waals surface area contributed by atoms with Gasteiger partial charge in [-0.05, 0) is 31.2 Å². The van der Waals surface area contributed by atoms with Gasteiger partial charge in [-0.25, -0.2) is 0 Å². The highest BCUT2D eigenvalue weighted by molar-refractivity contribution is 8.00. The molecule has 2 saturated heterocycles. The van der Waals surface area contributed by atoms with Crippen LogP contribution in [0.3, 0.4) is 0 Å². The monoisotopic (exact) mass is 314 g/mol. The summed E-state index contributed by atoms with van der Waals surface area (Å²) in [6, 6.07) is 0.573. The van der Waals surface area contributed by atoms with Crippen molar-refractivity contribution in [1.82, 2.24) is 10.2 Å². The average molecular weight is 315 g/mol. The highest BCUT2D eigenvalue weighted by atomic mass is 32.2. The Hall–Kier alpha value is 0.230. The first-order valence-electron chi connectivity index (χ1n) is 8.58. The van der Waals surface area contributed by atoms with Gasteiger partial charge in [0, 0.05) is 49.4 Å². The van der Waals surface area contributed by atoms with E-state index >= 15 is 0 Å². The molecule has 2 heterocycles. The fourth-order valence-corrected chi connectivity index (χ4v) is 4.45. The van der Waals surface area contributed by atoms with Crippen molar-refractivity contribution in [3.8, 4) is 0 Å². The third kappa shape index (κ3) is 5.74. The summed E-state index contributed by atoms with van der Waals surface area (Å²) in [7, 11) is 0. The van der Waals surface area contributed by atoms with E-state index in [0.29, 0.717) is 16.2 Å². The Bertz CT molecular complexity index is 314. The molecule has 2 fully saturated rings. The molecule has 0 spiro atoms. The van der Waals surface area contributed by atoms with Crippen molar-refractivity contribution in [3.63, 3.8) is 0 Å². The lowest BCUT2D eigenvalue weighted by atomic mass is 9.79. The molecule has 2 aliphatic heterocycles. The molecule has 0 radical (unpaired) electrons. The first-order chi connectivity index (χ1) is 9.91. The molecule has 0 aromatic heterocycles. The van der Waals surface area contributed by atoms with E-state index in [0.717, 1.165) is 19.8 Å². The van der Waals surface area contributed by atoms with Gasteiger partial charge in [-0.2, -0.15) is 11.8 Å². The van der Waals surface area contributed by atoms with Crippen LogP contribution in [-0.4, -0.2) is 60.8 Å². The van der Waals surface area contributed by atoms with Crippen LogP contribution in [0.15, 0.2) is 0 Å². The largest absolute Gasteiger partial charge is 0.381 e. The van der Waals surface area contributed by atoms with Gasteiger partial charge in [0.05, 0.1) is 0 Å². The first-order valence-corrected chi connectivity index (χ1v) is 9.57. The highest BCUT2D eigenvalue weighted by Gasteiger charge is 2.35. The molecule has 0 amide bonds. The molecule has 0 unspecified atom stereocenters. The smallest absolute Gasteiger partial charge is 0.0472 e. The maximum absolute atomic E-state index is 5.63. The fraction of sp³-hybridized carbons (Fsp3) is 1.00. The average Bonchev–Trinajstić information content (AvgIpc) is 2.59. The molecule has 4 heteroatoms. The SMILES string of the molecule is CC(C)NCC1(CN2CCSC(C)(C)CC2)CCOCC1. The van der Waals surface area contributed by atoms with Crippen molar-refractivity contribution in [2.75, 3.05) is 45.1 Å². The Morgan fingerprint density at radius 1 is 1.14 bits per heavy atom. The number of thioether (sulfide) groups is 1. The summed E-state index contributed by atoms with van der Waals surface area (Å²) in [6.45, 7) is 16.0. The predicted octanol–water partition coefficient (Wildman–Crippen LogP) is 3.00. The molecule has 0 atom stereocenters. The van der Waals surface area contributed by atoms with Gasteiger partial charge in [-0.15, -0.1) is 0 Å². The third-order valence-corrected chi connectivity index (χ3v) is 6.30. The molecular weight excluding hydrogens is 280 g/mol. The molecule has 0 bridgehead atoms. The first kappa shape index (κ1) is 17.6. The van der Waals surface area contributed by atoms with E-state index < -0.39 is 0 Å². The van der Waals surface area contributed by atoms with Crippen molar-refractivity contribution in [3.05, 3.63) is 0 Å². The van der Waals surface area contributed by atoms with E-state index in [1.54, 1.807) is 0 Å². The molecule has 2 aliphatic rings. The van der Waals surface area contributed by atoms with Crippen LogP contribution >= 0.6 is 11.8 Å². The Balaban J connectivity index is 1.94. The number of hydrogen-bond acceptors (Lipinski definition) is 4. The minimum Gasteiger partial charge on any atom is -0.381 e. The molecule has 3 nitrogen and oxygen atoms in total. The van der Waals surface area contributed by atoms with Crippen LogP contribution in [0, 0.1) is 5.41 Å². The topological polar surface area (TPSA) is 24.5 Å². The minimum atomic E-state index is 0.418. The summed E-state index contributed by atoms with van der Waals surface area (Å²) < 4.78 is 6.08. The van der Waals surface area contributed by atoms with Crippen molar-refractivity contribution in [1.29, 1.82) is 0 Å². The summed E-state index contributed by atoms with van der Waals surface area (Å²) in [5.41, 5.74) is 0.418. The molecule has 0 aromatic carbocycles. The molecule has 0 aromatic rings. The second-order valence-electron chi connectivity index (χ2n) is 7.78. The summed E-state index contributed by atoms with van der Waals surface area (Å²) >= 11 is 2.14. The van der Waals surface area contributed by atoms with Gasteiger partial charge in [0.1, 0.15) is 0 Å². The summed E-state index contributed by atoms with van der Waals surface area (Å²) in [6.07, 6.45) is 3.72. The second kappa shape index (κ2) is 7.67. The Labute approximate surface area is 135 Å². The zero-order valence-electron chi connectivity index (χ0n) is 14.4. The predicted molar refractivity (Wildman–Crippen MR) is 93.2 cm³/mol. The minimum absolute atomic E-state index is 0.418. The van der Waals surface area contributed by atoms with Crippen LogP contribution in [0.1, 0.15) is 47.0 Å². The van der Waals surface area contributed by atoms with Gasteiger partial charge in [0.2, 0.25) is 0 Å². The number of nitrogens with one attached hydrogen (secondary N) is 1. The maximum atomic E-state index is 5.63. The zero-order valence-corrected chi connectivity index (χ0v) is 15.2. The number of nitrogens with zero attached hydrogens (tertiary/aromatic N) is 1. The maximum Gasteiger partial charge on any atom is 0.0472 e. The van der Waals surface area contributed by atoms with Crippen molar-refractivity contribution in [2.24, 2.45) is 5.41 Å². The highest BCUT2D eigenvalue weighted by Crippen LogP contribution is 2.35. The summed E-state index contributed by atoms with van der Waals surface area (Å²) in [5.74, 6) is 1.27. The lowest BCUT2D eigenvalue weighted by Gasteiger charge is -2.41. The molecule has 124 valence electrons. The van der Waals surface area contributed by atoms with Crippen LogP contribution in [0.4, 0.5) is 0 Å². The number of rotatable bonds is 5. The lowest BCUT2D eigenvalue weighted by molar-refractivity contribution is -0.00445. The van der Waals surface area contributed by atoms with Crippen LogP contribution in [0.25, 0.3) is 0 Å². The molecular formula is C17H34N2OS. The van der Waals surface area contributed by atoms with Crippen LogP contribution in [0.5, 0.6) is 0 Å². The molecule has 0 saturated carbocycles. The van der Waals surface area contributed by atoms with Gasteiger partial charge in [0.25, 0.3) is 0 Å². The van der Waals surface area contributed by atoms with E-state index in [4.69, 9.17) is 4.74 Å². The van der Waals surface area contributed by atoms with Crippen molar-refractivity contribution in [2.45, 2.75) is 57.7 Å². The standard InChI is InChI=1S/C17H34N2OS/c1-15(2)18-13-17(6-10-20-11-7-17)14-19-8-5-16(3,4)21-12-9-19/h15,18H,5-14H2,1-4H3. The van der Waals surface area contributed by atoms with Crippen LogP contribution < -0.4 is 5.32 Å². The number of ether oxygens (including phenoxy) is 1. The Morgan fingerprint density at radius 2 is 1.86 bits per heavy atom. The summed E-state index contributed by atoms with van der Waals surface area (Å²) in [5, 5.41) is 3.69. The van der Waals surface area contributed by atoms with Gasteiger partial charge in [-0.1, -0.05) is 27.7 Å². The third-order valence-electron chi connectivity index (χ3n) is 4.93. The molecule has 0 aliphatic carbocycles. The van der Waals surface area contributed by atoms with Crippen molar-refractivity contribution >= 4 is 11.8 Å². The van der Waals surface area contributed by atoms with Crippen LogP contribution in [-0.2, 0) is 4.74 Å². The quantitative estimate of drug-likeness (QED) is 0.843. The zero-order chi connectivity index (χ0) is 15.3. The number of hydrogen-bond donors (Lipinski definition) is 1. The Kier molecular flexibility index (Phi) is 6.42. The van der Waals surface area contributed by atoms with E-state index in [9.17, 15) is 0 Å². The van der Waals surface area contributed by atoms with Gasteiger partial charge >= 0.3 is 0 Å². The van der Waals surface area contributed by atoms with E-state index in [1.807, 2.05) is 0 Å². The van der Waals surface area contributed by atoms with E-state index in [2.05, 4.69) is 49.7 Å². The van der Waals surface area contributed by atoms with Crippen LogP contribution in [0.2, 0.25) is 0 Å². The van der Waals surface area contributed by atoms with Gasteiger partial charge < -0.3 is 15.0 Å².